The number of rotatable bonds is 1. The van der Waals surface area contributed by atoms with Crippen LogP contribution < -0.4 is 5.32 Å². The summed E-state index contributed by atoms with van der Waals surface area (Å²) < 4.78 is 0. The molecule has 0 bridgehead atoms. The Morgan fingerprint density at radius 2 is 2.31 bits per heavy atom. The highest BCUT2D eigenvalue weighted by molar-refractivity contribution is 6.02. The molecule has 0 radical (unpaired) electrons. The van der Waals surface area contributed by atoms with E-state index in [4.69, 9.17) is 0 Å². The van der Waals surface area contributed by atoms with Gasteiger partial charge in [-0.05, 0) is 18.1 Å². The molecule has 0 fully saturated rings. The molecule has 0 spiro atoms. The van der Waals surface area contributed by atoms with Gasteiger partial charge >= 0.3 is 0 Å². The molecule has 0 aromatic heterocycles. The molecular formula is C10H11NO2. The summed E-state index contributed by atoms with van der Waals surface area (Å²) in [6.45, 7) is 2.01. The number of benzene rings is 1. The number of aliphatic hydroxyl groups excluding tert-OH is 1. The van der Waals surface area contributed by atoms with E-state index < -0.39 is 6.10 Å². The first-order valence-electron chi connectivity index (χ1n) is 4.34. The van der Waals surface area contributed by atoms with E-state index in [0.717, 1.165) is 23.2 Å². The van der Waals surface area contributed by atoms with Crippen molar-refractivity contribution in [2.45, 2.75) is 19.4 Å². The van der Waals surface area contributed by atoms with Crippen LogP contribution in [0.25, 0.3) is 0 Å². The number of carbonyl (C=O) groups is 1. The number of amides is 1. The molecule has 3 nitrogen and oxygen atoms in total. The summed E-state index contributed by atoms with van der Waals surface area (Å²) in [5, 5.41) is 12.2. The lowest BCUT2D eigenvalue weighted by Gasteiger charge is -2.06. The largest absolute Gasteiger partial charge is 0.378 e. The summed E-state index contributed by atoms with van der Waals surface area (Å²) in [4.78, 5) is 11.1. The summed E-state index contributed by atoms with van der Waals surface area (Å²) in [5.41, 5.74) is 2.52. The molecule has 2 N–H and O–H groups in total. The molecule has 3 heteroatoms. The highest BCUT2D eigenvalue weighted by Gasteiger charge is 2.29. The van der Waals surface area contributed by atoms with Crippen molar-refractivity contribution in [3.63, 3.8) is 0 Å². The maximum atomic E-state index is 11.1. The van der Waals surface area contributed by atoms with Crippen LogP contribution in [0.2, 0.25) is 0 Å². The van der Waals surface area contributed by atoms with Crippen molar-refractivity contribution < 1.29 is 9.90 Å². The van der Waals surface area contributed by atoms with Gasteiger partial charge in [-0.2, -0.15) is 0 Å². The van der Waals surface area contributed by atoms with Crippen LogP contribution in [-0.2, 0) is 11.2 Å². The fourth-order valence-electron chi connectivity index (χ4n) is 1.69. The van der Waals surface area contributed by atoms with Gasteiger partial charge in [0.2, 0.25) is 0 Å². The van der Waals surface area contributed by atoms with E-state index in [0.29, 0.717) is 0 Å². The minimum Gasteiger partial charge on any atom is -0.378 e. The van der Waals surface area contributed by atoms with Crippen LogP contribution in [0.3, 0.4) is 0 Å². The monoisotopic (exact) mass is 177 g/mol. The molecule has 1 aliphatic heterocycles. The van der Waals surface area contributed by atoms with Crippen molar-refractivity contribution in [1.82, 2.24) is 0 Å². The molecule has 13 heavy (non-hydrogen) atoms. The average molecular weight is 177 g/mol. The molecule has 0 aliphatic carbocycles. The van der Waals surface area contributed by atoms with Crippen molar-refractivity contribution in [3.8, 4) is 0 Å². The van der Waals surface area contributed by atoms with E-state index >= 15 is 0 Å². The van der Waals surface area contributed by atoms with Gasteiger partial charge in [0.15, 0.2) is 6.10 Å². The van der Waals surface area contributed by atoms with E-state index in [1.807, 2.05) is 25.1 Å². The minimum atomic E-state index is -0.980. The van der Waals surface area contributed by atoms with Gasteiger partial charge in [0, 0.05) is 11.3 Å². The van der Waals surface area contributed by atoms with Crippen molar-refractivity contribution in [1.29, 1.82) is 0 Å². The van der Waals surface area contributed by atoms with Gasteiger partial charge in [-0.1, -0.05) is 19.1 Å². The van der Waals surface area contributed by atoms with Gasteiger partial charge in [0.1, 0.15) is 0 Å². The maximum Gasteiger partial charge on any atom is 0.257 e. The van der Waals surface area contributed by atoms with Crippen LogP contribution >= 0.6 is 0 Å². The van der Waals surface area contributed by atoms with E-state index in [-0.39, 0.29) is 5.91 Å². The zero-order chi connectivity index (χ0) is 9.42. The first-order valence-corrected chi connectivity index (χ1v) is 4.34. The fourth-order valence-corrected chi connectivity index (χ4v) is 1.69. The van der Waals surface area contributed by atoms with Gasteiger partial charge in [-0.15, -0.1) is 0 Å². The number of aliphatic hydroxyl groups is 1. The second kappa shape index (κ2) is 2.85. The van der Waals surface area contributed by atoms with Gasteiger partial charge in [0.05, 0.1) is 0 Å². The van der Waals surface area contributed by atoms with Crippen LogP contribution in [-0.4, -0.2) is 11.0 Å². The quantitative estimate of drug-likeness (QED) is 0.678. The van der Waals surface area contributed by atoms with E-state index in [9.17, 15) is 9.90 Å². The summed E-state index contributed by atoms with van der Waals surface area (Å²) >= 11 is 0. The average Bonchev–Trinajstić information content (AvgIpc) is 2.43. The Hall–Kier alpha value is -1.35. The van der Waals surface area contributed by atoms with Crippen LogP contribution in [0.1, 0.15) is 24.2 Å². The normalized spacial score (nSPS) is 19.8. The Morgan fingerprint density at radius 3 is 3.00 bits per heavy atom. The first kappa shape index (κ1) is 8.26. The van der Waals surface area contributed by atoms with Gasteiger partial charge in [0.25, 0.3) is 5.91 Å². The number of fused-ring (bicyclic) bond motifs is 1. The Bertz CT molecular complexity index is 360. The molecule has 1 atom stereocenters. The number of carbonyl (C=O) groups excluding carboxylic acids is 1. The summed E-state index contributed by atoms with van der Waals surface area (Å²) in [5.74, 6) is -0.323. The third-order valence-electron chi connectivity index (χ3n) is 2.36. The molecule has 0 saturated heterocycles. The number of aryl methyl sites for hydroxylation is 1. The van der Waals surface area contributed by atoms with E-state index in [1.165, 1.54) is 0 Å². The molecular weight excluding hydrogens is 166 g/mol. The third-order valence-corrected chi connectivity index (χ3v) is 2.36. The van der Waals surface area contributed by atoms with Crippen molar-refractivity contribution in [2.75, 3.05) is 5.32 Å². The second-order valence-electron chi connectivity index (χ2n) is 3.12. The van der Waals surface area contributed by atoms with Crippen LogP contribution in [0, 0.1) is 0 Å². The molecule has 2 rings (SSSR count). The van der Waals surface area contributed by atoms with Crippen molar-refractivity contribution in [3.05, 3.63) is 29.3 Å². The number of anilines is 1. The highest BCUT2D eigenvalue weighted by atomic mass is 16.3. The zero-order valence-corrected chi connectivity index (χ0v) is 7.37. The fraction of sp³-hybridized carbons (Fsp3) is 0.300. The summed E-state index contributed by atoms with van der Waals surface area (Å²) in [6, 6.07) is 5.63. The van der Waals surface area contributed by atoms with Gasteiger partial charge in [-0.25, -0.2) is 0 Å². The van der Waals surface area contributed by atoms with Crippen molar-refractivity contribution in [2.24, 2.45) is 0 Å². The number of hydrogen-bond donors (Lipinski definition) is 2. The van der Waals surface area contributed by atoms with Gasteiger partial charge < -0.3 is 10.4 Å². The number of hydrogen-bond acceptors (Lipinski definition) is 2. The molecule has 0 saturated carbocycles. The summed E-state index contributed by atoms with van der Waals surface area (Å²) in [7, 11) is 0. The SMILES string of the molecule is CCc1cccc2c1C(O)C(=O)N2. The molecule has 1 heterocycles. The lowest BCUT2D eigenvalue weighted by atomic mass is 10.0. The Balaban J connectivity index is 2.57. The smallest absolute Gasteiger partial charge is 0.257 e. The minimum absolute atomic E-state index is 0.323. The molecule has 68 valence electrons. The van der Waals surface area contributed by atoms with E-state index in [1.54, 1.807) is 0 Å². The van der Waals surface area contributed by atoms with Gasteiger partial charge in [-0.3, -0.25) is 4.79 Å². The second-order valence-corrected chi connectivity index (χ2v) is 3.12. The van der Waals surface area contributed by atoms with Crippen LogP contribution in [0.5, 0.6) is 0 Å². The molecule has 1 aromatic rings. The molecule has 1 aliphatic rings. The Kier molecular flexibility index (Phi) is 1.81. The van der Waals surface area contributed by atoms with E-state index in [2.05, 4.69) is 5.32 Å². The third kappa shape index (κ3) is 1.12. The predicted molar refractivity (Wildman–Crippen MR) is 49.4 cm³/mol. The van der Waals surface area contributed by atoms with Crippen molar-refractivity contribution >= 4 is 11.6 Å². The Morgan fingerprint density at radius 1 is 1.54 bits per heavy atom. The lowest BCUT2D eigenvalue weighted by molar-refractivity contribution is -0.123. The molecule has 1 aromatic carbocycles. The lowest BCUT2D eigenvalue weighted by Crippen LogP contribution is -2.11. The Labute approximate surface area is 76.4 Å². The topological polar surface area (TPSA) is 49.3 Å². The first-order chi connectivity index (χ1) is 6.24. The zero-order valence-electron chi connectivity index (χ0n) is 7.37. The summed E-state index contributed by atoms with van der Waals surface area (Å²) in [6.07, 6.45) is -0.152. The predicted octanol–water partition coefficient (Wildman–Crippen LogP) is 1.23. The highest BCUT2D eigenvalue weighted by Crippen LogP contribution is 2.33. The standard InChI is InChI=1S/C10H11NO2/c1-2-6-4-3-5-7-8(6)9(12)10(13)11-7/h3-5,9,12H,2H2,1H3,(H,11,13). The van der Waals surface area contributed by atoms with Crippen LogP contribution in [0.4, 0.5) is 5.69 Å². The maximum absolute atomic E-state index is 11.1. The number of nitrogens with one attached hydrogen (secondary N) is 1. The molecule has 1 amide bonds. The van der Waals surface area contributed by atoms with Crippen LogP contribution in [0.15, 0.2) is 18.2 Å². The molecule has 1 unspecified atom stereocenters.